The topological polar surface area (TPSA) is 78.9 Å². The van der Waals surface area contributed by atoms with Crippen molar-refractivity contribution in [1.29, 1.82) is 0 Å². The lowest BCUT2D eigenvalue weighted by atomic mass is 10.1. The molecule has 0 radical (unpaired) electrons. The molecule has 0 N–H and O–H groups in total. The van der Waals surface area contributed by atoms with Crippen molar-refractivity contribution < 1.29 is 28.6 Å². The summed E-state index contributed by atoms with van der Waals surface area (Å²) >= 11 is 0. The predicted octanol–water partition coefficient (Wildman–Crippen LogP) is 18.1. The average Bonchev–Trinajstić information content (AvgIpc) is 3.28. The summed E-state index contributed by atoms with van der Waals surface area (Å²) in [5.74, 6) is -0.887. The van der Waals surface area contributed by atoms with Crippen LogP contribution in [-0.2, 0) is 28.6 Å². The lowest BCUT2D eigenvalue weighted by Gasteiger charge is -2.18. The van der Waals surface area contributed by atoms with Gasteiger partial charge in [-0.2, -0.15) is 0 Å². The number of esters is 3. The van der Waals surface area contributed by atoms with Crippen molar-refractivity contribution in [3.63, 3.8) is 0 Å². The number of unbranched alkanes of at least 4 members (excludes halogenated alkanes) is 33. The monoisotopic (exact) mass is 885 g/mol. The molecule has 0 fully saturated rings. The minimum absolute atomic E-state index is 0.0773. The average molecular weight is 885 g/mol. The molecule has 0 heterocycles. The van der Waals surface area contributed by atoms with Crippen LogP contribution in [0.2, 0.25) is 0 Å². The quantitative estimate of drug-likeness (QED) is 0.0262. The van der Waals surface area contributed by atoms with Gasteiger partial charge in [0.1, 0.15) is 13.2 Å². The van der Waals surface area contributed by atoms with Crippen molar-refractivity contribution in [2.75, 3.05) is 13.2 Å². The number of carbonyl (C=O) groups excluding carboxylic acids is 3. The maximum atomic E-state index is 12.8. The molecule has 0 aromatic carbocycles. The Balaban J connectivity index is 4.32. The fourth-order valence-corrected chi connectivity index (χ4v) is 7.88. The van der Waals surface area contributed by atoms with Gasteiger partial charge in [0.05, 0.1) is 0 Å². The van der Waals surface area contributed by atoms with Crippen molar-refractivity contribution >= 4 is 17.9 Å². The zero-order valence-corrected chi connectivity index (χ0v) is 42.1. The molecule has 368 valence electrons. The third-order valence-electron chi connectivity index (χ3n) is 12.1. The standard InChI is InChI=1S/C57H104O6/c1-4-7-10-13-16-19-22-24-26-27-28-29-31-32-35-38-41-44-47-50-56(59)62-53-54(52-61-55(58)49-46-43-40-37-34-21-18-15-12-9-6-3)63-57(60)51-48-45-42-39-36-33-30-25-23-20-17-14-11-8-5-2/h15,18,24-26,30,54H,4-14,16-17,19-23,27-29,31-53H2,1-3H3/b18-15-,26-24-,30-25-/t54-/m0/s1. The minimum atomic E-state index is -0.778. The first-order chi connectivity index (χ1) is 31.0. The van der Waals surface area contributed by atoms with Crippen molar-refractivity contribution in [3.05, 3.63) is 36.5 Å². The van der Waals surface area contributed by atoms with Crippen LogP contribution in [0.3, 0.4) is 0 Å². The second-order valence-electron chi connectivity index (χ2n) is 18.5. The summed E-state index contributed by atoms with van der Waals surface area (Å²) < 4.78 is 16.8. The van der Waals surface area contributed by atoms with Crippen LogP contribution in [0.25, 0.3) is 0 Å². The van der Waals surface area contributed by atoms with Gasteiger partial charge in [-0.05, 0) is 89.9 Å². The van der Waals surface area contributed by atoms with Gasteiger partial charge in [0.15, 0.2) is 6.10 Å². The summed E-state index contributed by atoms with van der Waals surface area (Å²) in [6, 6.07) is 0. The van der Waals surface area contributed by atoms with Crippen LogP contribution in [0.5, 0.6) is 0 Å². The van der Waals surface area contributed by atoms with Gasteiger partial charge in [0.25, 0.3) is 0 Å². The summed E-state index contributed by atoms with van der Waals surface area (Å²) in [5.41, 5.74) is 0. The summed E-state index contributed by atoms with van der Waals surface area (Å²) in [6.07, 6.45) is 61.3. The zero-order valence-electron chi connectivity index (χ0n) is 42.1. The number of allylic oxidation sites excluding steroid dienone is 6. The highest BCUT2D eigenvalue weighted by molar-refractivity contribution is 5.71. The molecule has 0 spiro atoms. The molecule has 0 aliphatic carbocycles. The molecule has 1 atom stereocenters. The second kappa shape index (κ2) is 52.3. The molecule has 0 amide bonds. The first-order valence-electron chi connectivity index (χ1n) is 27.5. The number of rotatable bonds is 50. The van der Waals surface area contributed by atoms with Gasteiger partial charge in [-0.25, -0.2) is 0 Å². The second-order valence-corrected chi connectivity index (χ2v) is 18.5. The van der Waals surface area contributed by atoms with Gasteiger partial charge in [0, 0.05) is 19.3 Å². The van der Waals surface area contributed by atoms with Gasteiger partial charge < -0.3 is 14.2 Å². The first-order valence-corrected chi connectivity index (χ1v) is 27.5. The Labute approximate surface area is 391 Å². The van der Waals surface area contributed by atoms with Gasteiger partial charge in [-0.1, -0.05) is 218 Å². The fraction of sp³-hybridized carbons (Fsp3) is 0.842. The molecule has 0 rings (SSSR count). The Morgan fingerprint density at radius 3 is 0.841 bits per heavy atom. The number of hydrogen-bond acceptors (Lipinski definition) is 6. The molecular weight excluding hydrogens is 781 g/mol. The molecular formula is C57H104O6. The van der Waals surface area contributed by atoms with Gasteiger partial charge in [-0.3, -0.25) is 14.4 Å². The Hall–Kier alpha value is -2.37. The molecule has 0 unspecified atom stereocenters. The fourth-order valence-electron chi connectivity index (χ4n) is 7.88. The van der Waals surface area contributed by atoms with Crippen molar-refractivity contribution in [1.82, 2.24) is 0 Å². The van der Waals surface area contributed by atoms with Crippen LogP contribution in [0.4, 0.5) is 0 Å². The van der Waals surface area contributed by atoms with E-state index in [1.807, 2.05) is 0 Å². The third-order valence-corrected chi connectivity index (χ3v) is 12.1. The third kappa shape index (κ3) is 50.5. The van der Waals surface area contributed by atoms with Crippen LogP contribution in [0.15, 0.2) is 36.5 Å². The minimum Gasteiger partial charge on any atom is -0.462 e. The number of ether oxygens (including phenoxy) is 3. The lowest BCUT2D eigenvalue weighted by Crippen LogP contribution is -2.30. The summed E-state index contributed by atoms with van der Waals surface area (Å²) in [4.78, 5) is 38.0. The smallest absolute Gasteiger partial charge is 0.306 e. The van der Waals surface area contributed by atoms with Crippen LogP contribution in [0, 0.1) is 0 Å². The van der Waals surface area contributed by atoms with Gasteiger partial charge in [0.2, 0.25) is 0 Å². The SMILES string of the molecule is CCCC/C=C\CCCCCCCC(=O)OC[C@@H](COC(=O)CCCCCCCCCCC/C=C\CCCCCCCC)OC(=O)CCCCCCC/C=C\CCCCCCCC. The Kier molecular flexibility index (Phi) is 50.3. The van der Waals surface area contributed by atoms with E-state index in [0.29, 0.717) is 19.3 Å². The van der Waals surface area contributed by atoms with Crippen LogP contribution in [0.1, 0.15) is 290 Å². The highest BCUT2D eigenvalue weighted by atomic mass is 16.6. The van der Waals surface area contributed by atoms with E-state index in [9.17, 15) is 14.4 Å². The first kappa shape index (κ1) is 60.6. The lowest BCUT2D eigenvalue weighted by molar-refractivity contribution is -0.167. The molecule has 0 aromatic heterocycles. The van der Waals surface area contributed by atoms with E-state index in [1.54, 1.807) is 0 Å². The summed E-state index contributed by atoms with van der Waals surface area (Å²) in [7, 11) is 0. The normalized spacial score (nSPS) is 12.2. The number of hydrogen-bond donors (Lipinski definition) is 0. The molecule has 0 saturated heterocycles. The van der Waals surface area contributed by atoms with E-state index >= 15 is 0 Å². The molecule has 6 heteroatoms. The van der Waals surface area contributed by atoms with Crippen LogP contribution < -0.4 is 0 Å². The van der Waals surface area contributed by atoms with Crippen molar-refractivity contribution in [3.8, 4) is 0 Å². The van der Waals surface area contributed by atoms with Crippen molar-refractivity contribution in [2.24, 2.45) is 0 Å². The van der Waals surface area contributed by atoms with Crippen LogP contribution in [-0.4, -0.2) is 37.2 Å². The van der Waals surface area contributed by atoms with E-state index in [2.05, 4.69) is 57.2 Å². The molecule has 0 aliphatic heterocycles. The summed E-state index contributed by atoms with van der Waals surface area (Å²) in [5, 5.41) is 0. The highest BCUT2D eigenvalue weighted by Crippen LogP contribution is 2.15. The largest absolute Gasteiger partial charge is 0.462 e. The molecule has 0 bridgehead atoms. The van der Waals surface area contributed by atoms with Crippen LogP contribution >= 0.6 is 0 Å². The maximum absolute atomic E-state index is 12.8. The van der Waals surface area contributed by atoms with E-state index in [0.717, 1.165) is 70.6 Å². The molecule has 6 nitrogen and oxygen atoms in total. The molecule has 0 aliphatic rings. The Morgan fingerprint density at radius 2 is 0.540 bits per heavy atom. The Morgan fingerprint density at radius 1 is 0.302 bits per heavy atom. The summed E-state index contributed by atoms with van der Waals surface area (Å²) in [6.45, 7) is 6.60. The molecule has 63 heavy (non-hydrogen) atoms. The maximum Gasteiger partial charge on any atom is 0.306 e. The predicted molar refractivity (Wildman–Crippen MR) is 270 cm³/mol. The molecule has 0 saturated carbocycles. The zero-order chi connectivity index (χ0) is 45.8. The van der Waals surface area contributed by atoms with Gasteiger partial charge in [-0.15, -0.1) is 0 Å². The van der Waals surface area contributed by atoms with Crippen molar-refractivity contribution in [2.45, 2.75) is 297 Å². The highest BCUT2D eigenvalue weighted by Gasteiger charge is 2.19. The molecule has 0 aromatic rings. The van der Waals surface area contributed by atoms with E-state index in [1.165, 1.54) is 180 Å². The van der Waals surface area contributed by atoms with Gasteiger partial charge >= 0.3 is 17.9 Å². The van der Waals surface area contributed by atoms with E-state index in [4.69, 9.17) is 14.2 Å². The van der Waals surface area contributed by atoms with E-state index in [-0.39, 0.29) is 31.1 Å². The number of carbonyl (C=O) groups is 3. The Bertz CT molecular complexity index is 1060. The van der Waals surface area contributed by atoms with E-state index < -0.39 is 6.10 Å².